The number of hydrogen-bond acceptors (Lipinski definition) is 4. The molecule has 1 aromatic carbocycles. The van der Waals surface area contributed by atoms with Crippen LogP contribution in [-0.4, -0.2) is 63.2 Å². The first-order valence-corrected chi connectivity index (χ1v) is 7.83. The molecule has 0 saturated carbocycles. The number of nitrogens with one attached hydrogen (secondary N) is 1. The van der Waals surface area contributed by atoms with Crippen LogP contribution in [0.1, 0.15) is 24.1 Å². The molecule has 0 aliphatic carbocycles. The Hall–Kier alpha value is -1.10. The van der Waals surface area contributed by atoms with Crippen molar-refractivity contribution in [3.63, 3.8) is 0 Å². The molecule has 1 saturated heterocycles. The van der Waals surface area contributed by atoms with Crippen molar-refractivity contribution in [2.24, 2.45) is 0 Å². The molecule has 0 amide bonds. The minimum absolute atomic E-state index is 0.289. The Balaban J connectivity index is 2.35. The van der Waals surface area contributed by atoms with Crippen molar-refractivity contribution in [1.29, 1.82) is 0 Å². The van der Waals surface area contributed by atoms with Gasteiger partial charge in [-0.3, -0.25) is 4.90 Å². The van der Waals surface area contributed by atoms with E-state index in [0.29, 0.717) is 6.04 Å². The van der Waals surface area contributed by atoms with Crippen LogP contribution in [0.2, 0.25) is 0 Å². The molecule has 0 aromatic heterocycles. The van der Waals surface area contributed by atoms with Crippen LogP contribution < -0.4 is 10.1 Å². The van der Waals surface area contributed by atoms with Crippen LogP contribution in [0.25, 0.3) is 0 Å². The Labute approximate surface area is 129 Å². The van der Waals surface area contributed by atoms with Crippen molar-refractivity contribution in [2.45, 2.75) is 25.9 Å². The van der Waals surface area contributed by atoms with Crippen LogP contribution in [0.15, 0.2) is 18.2 Å². The van der Waals surface area contributed by atoms with Gasteiger partial charge in [0.15, 0.2) is 0 Å². The average molecular weight is 291 g/mol. The molecular formula is C17H29N3O. The molecule has 0 radical (unpaired) electrons. The third-order valence-electron chi connectivity index (χ3n) is 4.43. The summed E-state index contributed by atoms with van der Waals surface area (Å²) in [7, 11) is 6.19. The number of aryl methyl sites for hydroxylation is 1. The van der Waals surface area contributed by atoms with Gasteiger partial charge in [0.25, 0.3) is 0 Å². The zero-order valence-electron chi connectivity index (χ0n) is 14.0. The highest BCUT2D eigenvalue weighted by Crippen LogP contribution is 2.31. The van der Waals surface area contributed by atoms with Gasteiger partial charge < -0.3 is 15.0 Å². The molecule has 4 heteroatoms. The molecule has 4 nitrogen and oxygen atoms in total. The number of benzene rings is 1. The first kappa shape index (κ1) is 16.3. The normalized spacial score (nSPS) is 22.2. The molecule has 2 unspecified atom stereocenters. The maximum Gasteiger partial charge on any atom is 0.123 e. The molecule has 1 aliphatic rings. The van der Waals surface area contributed by atoms with E-state index in [-0.39, 0.29) is 6.04 Å². The van der Waals surface area contributed by atoms with Gasteiger partial charge in [-0.25, -0.2) is 0 Å². The van der Waals surface area contributed by atoms with Crippen molar-refractivity contribution >= 4 is 0 Å². The second-order valence-electron chi connectivity index (χ2n) is 6.09. The van der Waals surface area contributed by atoms with Gasteiger partial charge in [-0.05, 0) is 33.6 Å². The predicted octanol–water partition coefficient (Wildman–Crippen LogP) is 1.90. The molecule has 1 fully saturated rings. The lowest BCUT2D eigenvalue weighted by Gasteiger charge is -2.42. The van der Waals surface area contributed by atoms with Crippen LogP contribution in [0.5, 0.6) is 5.75 Å². The van der Waals surface area contributed by atoms with Crippen molar-refractivity contribution < 1.29 is 4.74 Å². The van der Waals surface area contributed by atoms with Crippen LogP contribution in [0, 0.1) is 6.92 Å². The Morgan fingerprint density at radius 3 is 2.76 bits per heavy atom. The molecule has 1 heterocycles. The van der Waals surface area contributed by atoms with Crippen molar-refractivity contribution in [1.82, 2.24) is 15.1 Å². The van der Waals surface area contributed by atoms with Gasteiger partial charge in [-0.2, -0.15) is 0 Å². The highest BCUT2D eigenvalue weighted by molar-refractivity contribution is 5.40. The third kappa shape index (κ3) is 3.76. The molecule has 2 rings (SSSR count). The Morgan fingerprint density at radius 2 is 2.10 bits per heavy atom. The average Bonchev–Trinajstić information content (AvgIpc) is 2.47. The van der Waals surface area contributed by atoms with E-state index < -0.39 is 0 Å². The minimum Gasteiger partial charge on any atom is -0.496 e. The molecule has 2 atom stereocenters. The van der Waals surface area contributed by atoms with Crippen LogP contribution in [0.3, 0.4) is 0 Å². The lowest BCUT2D eigenvalue weighted by molar-refractivity contribution is 0.0873. The van der Waals surface area contributed by atoms with E-state index in [9.17, 15) is 0 Å². The Bertz CT molecular complexity index is 463. The Morgan fingerprint density at radius 1 is 1.33 bits per heavy atom. The molecule has 118 valence electrons. The van der Waals surface area contributed by atoms with E-state index in [4.69, 9.17) is 4.74 Å². The summed E-state index contributed by atoms with van der Waals surface area (Å²) < 4.78 is 5.61. The standard InChI is InChI=1S/C17H29N3O/c1-6-18-17(15-12-19(3)9-10-20(15)4)14-11-13(2)7-8-16(14)21-5/h7-8,11,15,17-18H,6,9-10,12H2,1-5H3. The number of piperazine rings is 1. The summed E-state index contributed by atoms with van der Waals surface area (Å²) in [6, 6.07) is 7.20. The maximum absolute atomic E-state index is 5.61. The maximum atomic E-state index is 5.61. The summed E-state index contributed by atoms with van der Waals surface area (Å²) in [5, 5.41) is 3.67. The predicted molar refractivity (Wildman–Crippen MR) is 88.1 cm³/mol. The largest absolute Gasteiger partial charge is 0.496 e. The van der Waals surface area contributed by atoms with Gasteiger partial charge in [-0.15, -0.1) is 0 Å². The molecule has 21 heavy (non-hydrogen) atoms. The first-order chi connectivity index (χ1) is 10.1. The van der Waals surface area contributed by atoms with Crippen LogP contribution in [-0.2, 0) is 0 Å². The second kappa shape index (κ2) is 7.25. The number of methoxy groups -OCH3 is 1. The summed E-state index contributed by atoms with van der Waals surface area (Å²) >= 11 is 0. The first-order valence-electron chi connectivity index (χ1n) is 7.83. The third-order valence-corrected chi connectivity index (χ3v) is 4.43. The molecule has 1 aromatic rings. The fourth-order valence-electron chi connectivity index (χ4n) is 3.17. The summed E-state index contributed by atoms with van der Waals surface area (Å²) in [6.45, 7) is 8.58. The van der Waals surface area contributed by atoms with Gasteiger partial charge in [0.2, 0.25) is 0 Å². The number of likely N-dealkylation sites (N-methyl/N-ethyl adjacent to an activating group) is 3. The quantitative estimate of drug-likeness (QED) is 0.897. The lowest BCUT2D eigenvalue weighted by Crippen LogP contribution is -2.55. The van der Waals surface area contributed by atoms with E-state index in [0.717, 1.165) is 31.9 Å². The summed E-state index contributed by atoms with van der Waals surface area (Å²) in [6.07, 6.45) is 0. The fourth-order valence-corrected chi connectivity index (χ4v) is 3.17. The van der Waals surface area contributed by atoms with Gasteiger partial charge >= 0.3 is 0 Å². The van der Waals surface area contributed by atoms with Crippen LogP contribution in [0.4, 0.5) is 0 Å². The lowest BCUT2D eigenvalue weighted by atomic mass is 9.94. The summed E-state index contributed by atoms with van der Waals surface area (Å²) in [5.74, 6) is 0.980. The number of nitrogens with zero attached hydrogens (tertiary/aromatic N) is 2. The molecule has 0 spiro atoms. The topological polar surface area (TPSA) is 27.7 Å². The molecule has 0 bridgehead atoms. The highest BCUT2D eigenvalue weighted by atomic mass is 16.5. The van der Waals surface area contributed by atoms with Gasteiger partial charge in [0, 0.05) is 31.2 Å². The fraction of sp³-hybridized carbons (Fsp3) is 0.647. The molecule has 1 aliphatic heterocycles. The number of hydrogen-bond donors (Lipinski definition) is 1. The van der Waals surface area contributed by atoms with Crippen molar-refractivity contribution in [2.75, 3.05) is 47.4 Å². The van der Waals surface area contributed by atoms with Gasteiger partial charge in [0.1, 0.15) is 5.75 Å². The van der Waals surface area contributed by atoms with Crippen LogP contribution >= 0.6 is 0 Å². The summed E-state index contributed by atoms with van der Waals surface area (Å²) in [5.41, 5.74) is 2.55. The van der Waals surface area contributed by atoms with Gasteiger partial charge in [-0.1, -0.05) is 24.6 Å². The molecular weight excluding hydrogens is 262 g/mol. The van der Waals surface area contributed by atoms with E-state index >= 15 is 0 Å². The zero-order chi connectivity index (χ0) is 15.4. The molecule has 1 N–H and O–H groups in total. The smallest absolute Gasteiger partial charge is 0.123 e. The number of rotatable bonds is 5. The zero-order valence-corrected chi connectivity index (χ0v) is 14.0. The van der Waals surface area contributed by atoms with Crippen molar-refractivity contribution in [3.8, 4) is 5.75 Å². The summed E-state index contributed by atoms with van der Waals surface area (Å²) in [4.78, 5) is 4.88. The SMILES string of the molecule is CCNC(c1cc(C)ccc1OC)C1CN(C)CCN1C. The highest BCUT2D eigenvalue weighted by Gasteiger charge is 2.32. The van der Waals surface area contributed by atoms with E-state index in [1.54, 1.807) is 7.11 Å². The van der Waals surface area contributed by atoms with E-state index in [1.165, 1.54) is 11.1 Å². The minimum atomic E-state index is 0.289. The Kier molecular flexibility index (Phi) is 5.62. The van der Waals surface area contributed by atoms with E-state index in [2.05, 4.69) is 61.3 Å². The van der Waals surface area contributed by atoms with E-state index in [1.807, 2.05) is 0 Å². The van der Waals surface area contributed by atoms with Crippen molar-refractivity contribution in [3.05, 3.63) is 29.3 Å². The second-order valence-corrected chi connectivity index (χ2v) is 6.09. The monoisotopic (exact) mass is 291 g/mol. The van der Waals surface area contributed by atoms with Gasteiger partial charge in [0.05, 0.1) is 13.2 Å². The number of ether oxygens (including phenoxy) is 1.